The van der Waals surface area contributed by atoms with Gasteiger partial charge in [0.1, 0.15) is 5.75 Å². The highest BCUT2D eigenvalue weighted by molar-refractivity contribution is 5.85. The van der Waals surface area contributed by atoms with Gasteiger partial charge in [-0.15, -0.1) is 24.8 Å². The minimum atomic E-state index is -1.90. The molecule has 28 heavy (non-hydrogen) atoms. The monoisotopic (exact) mass is 434 g/mol. The second-order valence-corrected chi connectivity index (χ2v) is 6.63. The third-order valence-electron chi connectivity index (χ3n) is 5.14. The van der Waals surface area contributed by atoms with E-state index in [2.05, 4.69) is 15.5 Å². The molecular formula is C18H28Cl2N4O4. The normalized spacial score (nSPS) is 20.7. The number of nitrogens with zero attached hydrogens (tertiary/aromatic N) is 2. The summed E-state index contributed by atoms with van der Waals surface area (Å²) >= 11 is 0. The fraction of sp³-hybridized carbons (Fsp3) is 0.556. The van der Waals surface area contributed by atoms with Gasteiger partial charge in [0.15, 0.2) is 0 Å². The number of piperidine rings is 1. The van der Waals surface area contributed by atoms with Crippen LogP contribution in [-0.2, 0) is 9.59 Å². The molecular weight excluding hydrogens is 407 g/mol. The summed E-state index contributed by atoms with van der Waals surface area (Å²) in [6.07, 6.45) is 2.60. The predicted octanol–water partition coefficient (Wildman–Crippen LogP) is 0.763. The van der Waals surface area contributed by atoms with E-state index >= 15 is 0 Å². The van der Waals surface area contributed by atoms with Gasteiger partial charge in [-0.25, -0.2) is 9.69 Å². The first-order valence-electron chi connectivity index (χ1n) is 9.04. The zero-order chi connectivity index (χ0) is 18.4. The topological polar surface area (TPSA) is 94.1 Å². The van der Waals surface area contributed by atoms with Gasteiger partial charge in [-0.2, -0.15) is 0 Å². The van der Waals surface area contributed by atoms with E-state index in [-0.39, 0.29) is 24.8 Å². The van der Waals surface area contributed by atoms with Crippen molar-refractivity contribution in [2.24, 2.45) is 0 Å². The van der Waals surface area contributed by atoms with Crippen molar-refractivity contribution < 1.29 is 19.4 Å². The standard InChI is InChI=1S/C18H26N4O4.2ClH/c23-14-20-18(17(24)25,26-16-4-2-1-3-5-16)22-12-10-21(11-13-22)15-6-8-19-9-7-15;;/h1-5,14-15,19H,6-13H2,(H,20,23)(H,24,25);2*1H. The molecule has 0 aromatic heterocycles. The van der Waals surface area contributed by atoms with Crippen molar-refractivity contribution >= 4 is 37.2 Å². The van der Waals surface area contributed by atoms with Crippen molar-refractivity contribution in [1.29, 1.82) is 0 Å². The zero-order valence-corrected chi connectivity index (χ0v) is 17.2. The van der Waals surface area contributed by atoms with Crippen molar-refractivity contribution in [2.45, 2.75) is 24.7 Å². The first-order valence-corrected chi connectivity index (χ1v) is 9.04. The molecule has 1 atom stereocenters. The van der Waals surface area contributed by atoms with Gasteiger partial charge in [-0.05, 0) is 38.1 Å². The highest BCUT2D eigenvalue weighted by Gasteiger charge is 2.48. The molecule has 10 heteroatoms. The van der Waals surface area contributed by atoms with E-state index in [1.807, 2.05) is 6.07 Å². The average molecular weight is 435 g/mol. The fourth-order valence-corrected chi connectivity index (χ4v) is 3.74. The number of hydrogen-bond donors (Lipinski definition) is 3. The lowest BCUT2D eigenvalue weighted by molar-refractivity contribution is -0.188. The van der Waals surface area contributed by atoms with E-state index in [0.29, 0.717) is 31.3 Å². The number of amides is 1. The van der Waals surface area contributed by atoms with Crippen molar-refractivity contribution in [2.75, 3.05) is 39.3 Å². The summed E-state index contributed by atoms with van der Waals surface area (Å²) in [7, 11) is 0. The van der Waals surface area contributed by atoms with Crippen LogP contribution in [0.4, 0.5) is 0 Å². The van der Waals surface area contributed by atoms with Crippen LogP contribution in [0.3, 0.4) is 0 Å². The lowest BCUT2D eigenvalue weighted by atomic mass is 10.0. The van der Waals surface area contributed by atoms with Crippen molar-refractivity contribution in [3.05, 3.63) is 30.3 Å². The van der Waals surface area contributed by atoms with Crippen LogP contribution in [0.1, 0.15) is 12.8 Å². The van der Waals surface area contributed by atoms with Gasteiger partial charge >= 0.3 is 11.8 Å². The lowest BCUT2D eigenvalue weighted by Gasteiger charge is -2.46. The van der Waals surface area contributed by atoms with Crippen LogP contribution in [0.2, 0.25) is 0 Å². The quantitative estimate of drug-likeness (QED) is 0.430. The van der Waals surface area contributed by atoms with Gasteiger partial charge in [0.25, 0.3) is 0 Å². The summed E-state index contributed by atoms with van der Waals surface area (Å²) in [6, 6.07) is 9.23. The Kier molecular flexibility index (Phi) is 9.98. The summed E-state index contributed by atoms with van der Waals surface area (Å²) in [5.41, 5.74) is 0. The summed E-state index contributed by atoms with van der Waals surface area (Å²) in [4.78, 5) is 27.4. The average Bonchev–Trinajstić information content (AvgIpc) is 2.69. The van der Waals surface area contributed by atoms with E-state index in [4.69, 9.17) is 4.74 Å². The molecule has 1 aromatic carbocycles. The first-order chi connectivity index (χ1) is 12.7. The molecule has 1 unspecified atom stereocenters. The SMILES string of the molecule is Cl.Cl.O=CNC(Oc1ccccc1)(C(=O)O)N1CCN(C2CCNCC2)CC1. The molecule has 8 nitrogen and oxygen atoms in total. The van der Waals surface area contributed by atoms with Crippen LogP contribution < -0.4 is 15.4 Å². The van der Waals surface area contributed by atoms with E-state index in [9.17, 15) is 14.7 Å². The minimum Gasteiger partial charge on any atom is -0.476 e. The van der Waals surface area contributed by atoms with Crippen molar-refractivity contribution in [3.8, 4) is 5.75 Å². The van der Waals surface area contributed by atoms with Gasteiger partial charge in [-0.1, -0.05) is 18.2 Å². The van der Waals surface area contributed by atoms with E-state index in [1.54, 1.807) is 29.2 Å². The van der Waals surface area contributed by atoms with Crippen LogP contribution in [0.15, 0.2) is 30.3 Å². The molecule has 2 saturated heterocycles. The highest BCUT2D eigenvalue weighted by atomic mass is 35.5. The van der Waals surface area contributed by atoms with Gasteiger partial charge in [-0.3, -0.25) is 15.0 Å². The van der Waals surface area contributed by atoms with Crippen LogP contribution in [0.5, 0.6) is 5.75 Å². The van der Waals surface area contributed by atoms with Crippen LogP contribution in [-0.4, -0.2) is 78.4 Å². The Hall–Kier alpha value is -1.58. The Morgan fingerprint density at radius 3 is 2.29 bits per heavy atom. The maximum Gasteiger partial charge on any atom is 0.387 e. The molecule has 0 spiro atoms. The number of carboxylic acid groups (broad SMARTS) is 1. The molecule has 0 saturated carbocycles. The van der Waals surface area contributed by atoms with Crippen LogP contribution in [0, 0.1) is 0 Å². The lowest BCUT2D eigenvalue weighted by Crippen LogP contribution is -2.71. The van der Waals surface area contributed by atoms with E-state index in [0.717, 1.165) is 39.0 Å². The Labute approximate surface area is 177 Å². The number of hydrogen-bond acceptors (Lipinski definition) is 6. The molecule has 3 rings (SSSR count). The Morgan fingerprint density at radius 2 is 1.75 bits per heavy atom. The minimum absolute atomic E-state index is 0. The maximum absolute atomic E-state index is 12.1. The number of benzene rings is 1. The molecule has 3 N–H and O–H groups in total. The molecule has 0 radical (unpaired) electrons. The molecule has 1 amide bonds. The second kappa shape index (κ2) is 11.4. The second-order valence-electron chi connectivity index (χ2n) is 6.63. The van der Waals surface area contributed by atoms with E-state index < -0.39 is 11.8 Å². The molecule has 1 aromatic rings. The van der Waals surface area contributed by atoms with Crippen LogP contribution in [0.25, 0.3) is 0 Å². The number of aliphatic carboxylic acids is 1. The number of carboxylic acids is 1. The van der Waals surface area contributed by atoms with Gasteiger partial charge in [0.05, 0.1) is 0 Å². The Bertz CT molecular complexity index is 611. The predicted molar refractivity (Wildman–Crippen MR) is 110 cm³/mol. The van der Waals surface area contributed by atoms with Crippen LogP contribution >= 0.6 is 24.8 Å². The molecule has 0 aliphatic carbocycles. The number of piperazine rings is 1. The number of carbonyl (C=O) groups excluding carboxylic acids is 1. The molecule has 2 aliphatic heterocycles. The summed E-state index contributed by atoms with van der Waals surface area (Å²) < 4.78 is 5.78. The molecule has 158 valence electrons. The number of rotatable bonds is 7. The third kappa shape index (κ3) is 5.48. The number of nitrogens with one attached hydrogen (secondary N) is 2. The zero-order valence-electron chi connectivity index (χ0n) is 15.6. The largest absolute Gasteiger partial charge is 0.476 e. The number of ether oxygens (including phenoxy) is 1. The van der Waals surface area contributed by atoms with Crippen molar-refractivity contribution in [3.63, 3.8) is 0 Å². The Morgan fingerprint density at radius 1 is 1.14 bits per heavy atom. The third-order valence-corrected chi connectivity index (χ3v) is 5.14. The van der Waals surface area contributed by atoms with E-state index in [1.165, 1.54) is 0 Å². The molecule has 2 aliphatic rings. The summed E-state index contributed by atoms with van der Waals surface area (Å²) in [5.74, 6) is -2.74. The van der Waals surface area contributed by atoms with Gasteiger partial charge in [0.2, 0.25) is 6.41 Å². The smallest absolute Gasteiger partial charge is 0.387 e. The highest BCUT2D eigenvalue weighted by Crippen LogP contribution is 2.23. The molecule has 2 heterocycles. The number of halogens is 2. The number of carbonyl (C=O) groups is 2. The molecule has 0 bridgehead atoms. The first kappa shape index (κ1) is 24.5. The summed E-state index contributed by atoms with van der Waals surface area (Å²) in [5, 5.41) is 15.6. The van der Waals surface area contributed by atoms with Gasteiger partial charge in [0, 0.05) is 32.2 Å². The summed E-state index contributed by atoms with van der Waals surface area (Å²) in [6.45, 7) is 4.55. The Balaban J connectivity index is 0.00000196. The van der Waals surface area contributed by atoms with Crippen molar-refractivity contribution in [1.82, 2.24) is 20.4 Å². The maximum atomic E-state index is 12.1. The van der Waals surface area contributed by atoms with Gasteiger partial charge < -0.3 is 15.2 Å². The number of para-hydroxylation sites is 1. The molecule has 2 fully saturated rings. The fourth-order valence-electron chi connectivity index (χ4n) is 3.74.